The van der Waals surface area contributed by atoms with Crippen LogP contribution in [0.1, 0.15) is 29.8 Å². The number of ether oxygens (including phenoxy) is 1. The summed E-state index contributed by atoms with van der Waals surface area (Å²) in [6.07, 6.45) is 0.395. The molecule has 0 saturated carbocycles. The molecule has 15 heavy (non-hydrogen) atoms. The maximum atomic E-state index is 11.5. The highest BCUT2D eigenvalue weighted by atomic mass is 35.5. The molecule has 0 aliphatic heterocycles. The lowest BCUT2D eigenvalue weighted by Crippen LogP contribution is -2.21. The number of H-pyrrole nitrogens is 1. The van der Waals surface area contributed by atoms with Gasteiger partial charge in [0.05, 0.1) is 6.61 Å². The molecule has 6 heteroatoms. The Bertz CT molecular complexity index is 428. The van der Waals surface area contributed by atoms with Gasteiger partial charge in [0.25, 0.3) is 5.56 Å². The normalized spacial score (nSPS) is 10.1. The highest BCUT2D eigenvalue weighted by molar-refractivity contribution is 6.32. The summed E-state index contributed by atoms with van der Waals surface area (Å²) in [7, 11) is 0. The highest BCUT2D eigenvalue weighted by Crippen LogP contribution is 2.15. The largest absolute Gasteiger partial charge is 0.462 e. The second-order valence-electron chi connectivity index (χ2n) is 2.77. The number of esters is 1. The topological polar surface area (TPSA) is 72.0 Å². The first-order chi connectivity index (χ1) is 7.11. The van der Waals surface area contributed by atoms with E-state index in [0.29, 0.717) is 12.0 Å². The van der Waals surface area contributed by atoms with Gasteiger partial charge >= 0.3 is 5.97 Å². The fourth-order valence-electron chi connectivity index (χ4n) is 1.21. The van der Waals surface area contributed by atoms with Crippen molar-refractivity contribution in [2.75, 3.05) is 6.61 Å². The van der Waals surface area contributed by atoms with Gasteiger partial charge < -0.3 is 4.74 Å². The number of rotatable bonds is 3. The Balaban J connectivity index is 3.31. The second kappa shape index (κ2) is 4.93. The van der Waals surface area contributed by atoms with E-state index in [4.69, 9.17) is 16.3 Å². The van der Waals surface area contributed by atoms with Crippen molar-refractivity contribution in [2.24, 2.45) is 0 Å². The average Bonchev–Trinajstić information content (AvgIpc) is 2.21. The van der Waals surface area contributed by atoms with Gasteiger partial charge in [0.2, 0.25) is 0 Å². The summed E-state index contributed by atoms with van der Waals surface area (Å²) in [5, 5.41) is 5.69. The molecule has 0 aromatic carbocycles. The third-order valence-electron chi connectivity index (χ3n) is 1.87. The SMILES string of the molecule is CCOC(=O)c1c(Cl)n[nH]c(=O)c1CC. The van der Waals surface area contributed by atoms with Crippen LogP contribution in [0, 0.1) is 0 Å². The first kappa shape index (κ1) is 11.7. The molecule has 1 N–H and O–H groups in total. The van der Waals surface area contributed by atoms with Gasteiger partial charge in [-0.15, -0.1) is 0 Å². The minimum absolute atomic E-state index is 0.0371. The smallest absolute Gasteiger partial charge is 0.341 e. The van der Waals surface area contributed by atoms with Gasteiger partial charge in [0.1, 0.15) is 5.56 Å². The van der Waals surface area contributed by atoms with Gasteiger partial charge in [0, 0.05) is 5.56 Å². The molecule has 0 amide bonds. The fraction of sp³-hybridized carbons (Fsp3) is 0.444. The van der Waals surface area contributed by atoms with Crippen molar-refractivity contribution in [3.05, 3.63) is 26.6 Å². The third kappa shape index (κ3) is 2.36. The summed E-state index contributed by atoms with van der Waals surface area (Å²) in [4.78, 5) is 22.8. The number of hydrogen-bond donors (Lipinski definition) is 1. The van der Waals surface area contributed by atoms with Gasteiger partial charge in [-0.3, -0.25) is 4.79 Å². The Labute approximate surface area is 91.4 Å². The first-order valence-electron chi connectivity index (χ1n) is 4.56. The van der Waals surface area contributed by atoms with Gasteiger partial charge in [-0.1, -0.05) is 18.5 Å². The lowest BCUT2D eigenvalue weighted by atomic mass is 10.1. The average molecular weight is 231 g/mol. The molecule has 0 aliphatic rings. The number of halogens is 1. The molecule has 0 unspecified atom stereocenters. The van der Waals surface area contributed by atoms with Crippen LogP contribution in [0.25, 0.3) is 0 Å². The van der Waals surface area contributed by atoms with Crippen molar-refractivity contribution in [1.82, 2.24) is 10.2 Å². The standard InChI is InChI=1S/C9H11ClN2O3/c1-3-5-6(9(14)15-4-2)7(10)11-12-8(5)13/h3-4H2,1-2H3,(H,12,13). The minimum Gasteiger partial charge on any atom is -0.462 e. The van der Waals surface area contributed by atoms with Crippen LogP contribution in [0.2, 0.25) is 5.15 Å². The number of nitrogens with one attached hydrogen (secondary N) is 1. The Morgan fingerprint density at radius 2 is 2.20 bits per heavy atom. The van der Waals surface area contributed by atoms with E-state index in [1.165, 1.54) is 0 Å². The number of hydrogen-bond acceptors (Lipinski definition) is 4. The van der Waals surface area contributed by atoms with Crippen LogP contribution in [-0.4, -0.2) is 22.8 Å². The van der Waals surface area contributed by atoms with E-state index in [1.54, 1.807) is 13.8 Å². The zero-order chi connectivity index (χ0) is 11.4. The van der Waals surface area contributed by atoms with Crippen LogP contribution >= 0.6 is 11.6 Å². The predicted octanol–water partition coefficient (Wildman–Crippen LogP) is 1.16. The summed E-state index contributed by atoms with van der Waals surface area (Å²) < 4.78 is 4.79. The molecular formula is C9H11ClN2O3. The monoisotopic (exact) mass is 230 g/mol. The van der Waals surface area contributed by atoms with Crippen LogP contribution in [0.4, 0.5) is 0 Å². The van der Waals surface area contributed by atoms with E-state index in [9.17, 15) is 9.59 Å². The molecule has 0 fully saturated rings. The minimum atomic E-state index is -0.613. The maximum Gasteiger partial charge on any atom is 0.341 e. The fourth-order valence-corrected chi connectivity index (χ4v) is 1.44. The number of nitrogens with zero attached hydrogens (tertiary/aromatic N) is 1. The van der Waals surface area contributed by atoms with Gasteiger partial charge in [-0.25, -0.2) is 9.89 Å². The van der Waals surface area contributed by atoms with Crippen LogP contribution in [0.5, 0.6) is 0 Å². The summed E-state index contributed by atoms with van der Waals surface area (Å²) in [6, 6.07) is 0. The zero-order valence-corrected chi connectivity index (χ0v) is 9.22. The molecule has 1 heterocycles. The molecule has 0 radical (unpaired) electrons. The number of carbonyl (C=O) groups excluding carboxylic acids is 1. The van der Waals surface area contributed by atoms with Crippen molar-refractivity contribution < 1.29 is 9.53 Å². The Morgan fingerprint density at radius 1 is 1.53 bits per heavy atom. The zero-order valence-electron chi connectivity index (χ0n) is 8.46. The van der Waals surface area contributed by atoms with Crippen LogP contribution in [0.3, 0.4) is 0 Å². The van der Waals surface area contributed by atoms with Crippen molar-refractivity contribution in [3.63, 3.8) is 0 Å². The van der Waals surface area contributed by atoms with E-state index < -0.39 is 11.5 Å². The Hall–Kier alpha value is -1.36. The van der Waals surface area contributed by atoms with E-state index in [2.05, 4.69) is 10.2 Å². The Kier molecular flexibility index (Phi) is 3.85. The molecule has 0 atom stereocenters. The summed E-state index contributed by atoms with van der Waals surface area (Å²) in [5.41, 5.74) is -0.0526. The number of aromatic amines is 1. The van der Waals surface area contributed by atoms with Gasteiger partial charge in [-0.2, -0.15) is 5.10 Å². The molecule has 1 aromatic heterocycles. The molecule has 1 rings (SSSR count). The molecule has 0 spiro atoms. The quantitative estimate of drug-likeness (QED) is 0.791. The number of aromatic nitrogens is 2. The third-order valence-corrected chi connectivity index (χ3v) is 2.14. The van der Waals surface area contributed by atoms with Crippen molar-refractivity contribution in [2.45, 2.75) is 20.3 Å². The highest BCUT2D eigenvalue weighted by Gasteiger charge is 2.19. The lowest BCUT2D eigenvalue weighted by Gasteiger charge is -2.06. The van der Waals surface area contributed by atoms with Crippen LogP contribution in [0.15, 0.2) is 4.79 Å². The first-order valence-corrected chi connectivity index (χ1v) is 4.93. The molecule has 1 aromatic rings. The summed E-state index contributed by atoms with van der Waals surface area (Å²) in [5.74, 6) is -0.613. The summed E-state index contributed by atoms with van der Waals surface area (Å²) in [6.45, 7) is 3.66. The molecule has 82 valence electrons. The van der Waals surface area contributed by atoms with E-state index in [-0.39, 0.29) is 17.3 Å². The lowest BCUT2D eigenvalue weighted by molar-refractivity contribution is 0.0524. The molecular weight excluding hydrogens is 220 g/mol. The van der Waals surface area contributed by atoms with Crippen molar-refractivity contribution >= 4 is 17.6 Å². The summed E-state index contributed by atoms with van der Waals surface area (Å²) >= 11 is 5.73. The predicted molar refractivity (Wildman–Crippen MR) is 55.2 cm³/mol. The van der Waals surface area contributed by atoms with Crippen molar-refractivity contribution in [3.8, 4) is 0 Å². The maximum absolute atomic E-state index is 11.5. The van der Waals surface area contributed by atoms with E-state index >= 15 is 0 Å². The van der Waals surface area contributed by atoms with E-state index in [0.717, 1.165) is 0 Å². The molecule has 5 nitrogen and oxygen atoms in total. The van der Waals surface area contributed by atoms with Crippen molar-refractivity contribution in [1.29, 1.82) is 0 Å². The molecule has 0 saturated heterocycles. The van der Waals surface area contributed by atoms with Crippen LogP contribution < -0.4 is 5.56 Å². The number of carbonyl (C=O) groups is 1. The van der Waals surface area contributed by atoms with E-state index in [1.807, 2.05) is 0 Å². The van der Waals surface area contributed by atoms with Gasteiger partial charge in [0.15, 0.2) is 5.15 Å². The second-order valence-corrected chi connectivity index (χ2v) is 3.13. The molecule has 0 bridgehead atoms. The molecule has 0 aliphatic carbocycles. The Morgan fingerprint density at radius 3 is 2.73 bits per heavy atom. The van der Waals surface area contributed by atoms with Gasteiger partial charge in [-0.05, 0) is 13.3 Å². The van der Waals surface area contributed by atoms with Crippen LogP contribution in [-0.2, 0) is 11.2 Å².